The summed E-state index contributed by atoms with van der Waals surface area (Å²) in [4.78, 5) is 14.6. The molecule has 38 heavy (non-hydrogen) atoms. The van der Waals surface area contributed by atoms with Crippen LogP contribution in [0.2, 0.25) is 0 Å². The van der Waals surface area contributed by atoms with Crippen LogP contribution in [-0.4, -0.2) is 58.8 Å². The van der Waals surface area contributed by atoms with Crippen molar-refractivity contribution in [3.8, 4) is 11.4 Å². The van der Waals surface area contributed by atoms with E-state index in [0.717, 1.165) is 60.8 Å². The van der Waals surface area contributed by atoms with E-state index in [1.165, 1.54) is 6.07 Å². The smallest absolute Gasteiger partial charge is 0.161 e. The summed E-state index contributed by atoms with van der Waals surface area (Å²) in [5.74, 6) is 1.39. The van der Waals surface area contributed by atoms with E-state index in [0.29, 0.717) is 30.8 Å². The third-order valence-corrected chi connectivity index (χ3v) is 7.22. The molecule has 1 fully saturated rings. The van der Waals surface area contributed by atoms with Crippen molar-refractivity contribution < 1.29 is 9.50 Å². The van der Waals surface area contributed by atoms with Crippen LogP contribution in [0.3, 0.4) is 0 Å². The Bertz CT molecular complexity index is 1320. The molecule has 1 aromatic heterocycles. The van der Waals surface area contributed by atoms with Gasteiger partial charge < -0.3 is 10.0 Å². The van der Waals surface area contributed by atoms with Gasteiger partial charge in [-0.25, -0.2) is 14.4 Å². The lowest BCUT2D eigenvalue weighted by Gasteiger charge is -2.37. The van der Waals surface area contributed by atoms with Crippen LogP contribution < -0.4 is 4.90 Å². The van der Waals surface area contributed by atoms with Crippen LogP contribution >= 0.6 is 0 Å². The van der Waals surface area contributed by atoms with E-state index in [2.05, 4.69) is 28.9 Å². The van der Waals surface area contributed by atoms with Crippen molar-refractivity contribution in [2.75, 3.05) is 37.6 Å². The second kappa shape index (κ2) is 12.3. The number of aryl methyl sites for hydroxylation is 1. The molecule has 5 rings (SSSR count). The molecule has 1 aliphatic rings. The quantitative estimate of drug-likeness (QED) is 0.337. The zero-order valence-electron chi connectivity index (χ0n) is 21.9. The van der Waals surface area contributed by atoms with Gasteiger partial charge in [-0.05, 0) is 30.0 Å². The standard InChI is InChI=1S/C32H35FN4O/c1-2-30-28(22-26-15-9-10-16-29(26)33)32(35-31(34-30)25-13-7-4-8-14-25)37-19-17-36(18-20-37)23-27(38)21-24-11-5-3-6-12-24/h3-16,27,38H,2,17-23H2,1H3/t27-/m1/s1. The average Bonchev–Trinajstić information content (AvgIpc) is 2.95. The number of aliphatic hydroxyl groups excluding tert-OH is 1. The first-order chi connectivity index (χ1) is 18.6. The van der Waals surface area contributed by atoms with Crippen molar-refractivity contribution in [1.29, 1.82) is 0 Å². The van der Waals surface area contributed by atoms with Crippen molar-refractivity contribution in [3.05, 3.63) is 113 Å². The van der Waals surface area contributed by atoms with E-state index in [4.69, 9.17) is 9.97 Å². The topological polar surface area (TPSA) is 52.5 Å². The zero-order chi connectivity index (χ0) is 26.3. The third kappa shape index (κ3) is 6.26. The molecule has 0 amide bonds. The van der Waals surface area contributed by atoms with E-state index in [9.17, 15) is 9.50 Å². The molecule has 2 heterocycles. The number of rotatable bonds is 9. The van der Waals surface area contributed by atoms with Crippen molar-refractivity contribution in [2.24, 2.45) is 0 Å². The lowest BCUT2D eigenvalue weighted by Crippen LogP contribution is -2.49. The third-order valence-electron chi connectivity index (χ3n) is 7.22. The Morgan fingerprint density at radius 2 is 1.50 bits per heavy atom. The largest absolute Gasteiger partial charge is 0.391 e. The first-order valence-corrected chi connectivity index (χ1v) is 13.5. The summed E-state index contributed by atoms with van der Waals surface area (Å²) < 4.78 is 14.7. The first kappa shape index (κ1) is 26.0. The van der Waals surface area contributed by atoms with E-state index in [-0.39, 0.29) is 5.82 Å². The molecule has 196 valence electrons. The number of aromatic nitrogens is 2. The Labute approximate surface area is 224 Å². The highest BCUT2D eigenvalue weighted by molar-refractivity contribution is 5.61. The number of aliphatic hydroxyl groups is 1. The van der Waals surface area contributed by atoms with Crippen molar-refractivity contribution >= 4 is 5.82 Å². The lowest BCUT2D eigenvalue weighted by atomic mass is 10.0. The fraction of sp³-hybridized carbons (Fsp3) is 0.312. The Hall–Kier alpha value is -3.61. The van der Waals surface area contributed by atoms with E-state index in [1.54, 1.807) is 6.07 Å². The molecule has 1 saturated heterocycles. The fourth-order valence-electron chi connectivity index (χ4n) is 5.19. The number of benzene rings is 3. The molecule has 4 aromatic rings. The van der Waals surface area contributed by atoms with Gasteiger partial charge in [0, 0.05) is 56.0 Å². The number of hydrogen-bond donors (Lipinski definition) is 1. The van der Waals surface area contributed by atoms with Gasteiger partial charge in [-0.1, -0.05) is 85.8 Å². The van der Waals surface area contributed by atoms with Gasteiger partial charge in [-0.15, -0.1) is 0 Å². The number of halogens is 1. The highest BCUT2D eigenvalue weighted by atomic mass is 19.1. The van der Waals surface area contributed by atoms with Crippen LogP contribution in [0.5, 0.6) is 0 Å². The number of piperazine rings is 1. The Morgan fingerprint density at radius 1 is 0.842 bits per heavy atom. The maximum Gasteiger partial charge on any atom is 0.161 e. The molecule has 3 aromatic carbocycles. The minimum Gasteiger partial charge on any atom is -0.391 e. The van der Waals surface area contributed by atoms with Crippen LogP contribution in [0.25, 0.3) is 11.4 Å². The molecule has 0 radical (unpaired) electrons. The maximum absolute atomic E-state index is 14.7. The van der Waals surface area contributed by atoms with Gasteiger partial charge in [-0.2, -0.15) is 0 Å². The summed E-state index contributed by atoms with van der Waals surface area (Å²) in [6.07, 6.45) is 1.44. The molecule has 0 unspecified atom stereocenters. The summed E-state index contributed by atoms with van der Waals surface area (Å²) in [5.41, 5.74) is 4.73. The predicted octanol–water partition coefficient (Wildman–Crippen LogP) is 5.16. The van der Waals surface area contributed by atoms with E-state index < -0.39 is 6.10 Å². The Kier molecular flexibility index (Phi) is 8.41. The van der Waals surface area contributed by atoms with Crippen LogP contribution in [0, 0.1) is 5.82 Å². The lowest BCUT2D eigenvalue weighted by molar-refractivity contribution is 0.109. The first-order valence-electron chi connectivity index (χ1n) is 13.5. The summed E-state index contributed by atoms with van der Waals surface area (Å²) in [6.45, 7) is 5.98. The minimum absolute atomic E-state index is 0.204. The number of nitrogens with zero attached hydrogens (tertiary/aromatic N) is 4. The van der Waals surface area contributed by atoms with Gasteiger partial charge in [0.25, 0.3) is 0 Å². The van der Waals surface area contributed by atoms with Crippen molar-refractivity contribution in [3.63, 3.8) is 0 Å². The number of anilines is 1. The Morgan fingerprint density at radius 3 is 2.18 bits per heavy atom. The SMILES string of the molecule is CCc1nc(-c2ccccc2)nc(N2CCN(C[C@H](O)Cc3ccccc3)CC2)c1Cc1ccccc1F. The average molecular weight is 511 g/mol. The fourth-order valence-corrected chi connectivity index (χ4v) is 5.19. The molecule has 0 bridgehead atoms. The monoisotopic (exact) mass is 510 g/mol. The predicted molar refractivity (Wildman–Crippen MR) is 151 cm³/mol. The normalized spacial score (nSPS) is 15.0. The molecule has 0 aliphatic carbocycles. The summed E-state index contributed by atoms with van der Waals surface area (Å²) in [5, 5.41) is 10.7. The molecule has 1 atom stereocenters. The summed E-state index contributed by atoms with van der Waals surface area (Å²) in [7, 11) is 0. The maximum atomic E-state index is 14.7. The molecule has 0 saturated carbocycles. The molecular weight excluding hydrogens is 475 g/mol. The van der Waals surface area contributed by atoms with Crippen molar-refractivity contribution in [2.45, 2.75) is 32.3 Å². The molecule has 0 spiro atoms. The van der Waals surface area contributed by atoms with Gasteiger partial charge >= 0.3 is 0 Å². The van der Waals surface area contributed by atoms with Gasteiger partial charge in [-0.3, -0.25) is 4.90 Å². The van der Waals surface area contributed by atoms with Crippen molar-refractivity contribution in [1.82, 2.24) is 14.9 Å². The van der Waals surface area contributed by atoms with E-state index in [1.807, 2.05) is 60.7 Å². The van der Waals surface area contributed by atoms with Crippen LogP contribution in [0.15, 0.2) is 84.9 Å². The van der Waals surface area contributed by atoms with Crippen LogP contribution in [-0.2, 0) is 19.3 Å². The highest BCUT2D eigenvalue weighted by Crippen LogP contribution is 2.29. The summed E-state index contributed by atoms with van der Waals surface area (Å²) in [6, 6.07) is 27.1. The van der Waals surface area contributed by atoms with Gasteiger partial charge in [0.15, 0.2) is 5.82 Å². The molecule has 5 nitrogen and oxygen atoms in total. The second-order valence-electron chi connectivity index (χ2n) is 9.92. The minimum atomic E-state index is -0.406. The van der Waals surface area contributed by atoms with Crippen LogP contribution in [0.4, 0.5) is 10.2 Å². The highest BCUT2D eigenvalue weighted by Gasteiger charge is 2.25. The van der Waals surface area contributed by atoms with Gasteiger partial charge in [0.05, 0.1) is 6.10 Å². The van der Waals surface area contributed by atoms with Gasteiger partial charge in [0.1, 0.15) is 11.6 Å². The second-order valence-corrected chi connectivity index (χ2v) is 9.92. The zero-order valence-corrected chi connectivity index (χ0v) is 21.9. The van der Waals surface area contributed by atoms with Crippen LogP contribution in [0.1, 0.15) is 29.3 Å². The molecule has 6 heteroatoms. The van der Waals surface area contributed by atoms with Gasteiger partial charge in [0.2, 0.25) is 0 Å². The number of hydrogen-bond acceptors (Lipinski definition) is 5. The Balaban J connectivity index is 1.38. The number of β-amino-alcohol motifs (C(OH)–C–C–N with tert-alkyl or cyclic N) is 1. The molecule has 1 aliphatic heterocycles. The summed E-state index contributed by atoms with van der Waals surface area (Å²) >= 11 is 0. The molecular formula is C32H35FN4O. The molecule has 1 N–H and O–H groups in total. The van der Waals surface area contributed by atoms with E-state index >= 15 is 0 Å².